The Morgan fingerprint density at radius 1 is 1.24 bits per heavy atom. The molecule has 0 unspecified atom stereocenters. The van der Waals surface area contributed by atoms with Gasteiger partial charge in [-0.2, -0.15) is 0 Å². The van der Waals surface area contributed by atoms with Gasteiger partial charge in [0.25, 0.3) is 0 Å². The highest BCUT2D eigenvalue weighted by Crippen LogP contribution is 2.37. The van der Waals surface area contributed by atoms with Gasteiger partial charge in [-0.1, -0.05) is 39.2 Å². The van der Waals surface area contributed by atoms with Crippen LogP contribution in [0.25, 0.3) is 0 Å². The zero-order chi connectivity index (χ0) is 12.3. The molecule has 1 aliphatic rings. The first-order valence-electron chi connectivity index (χ1n) is 6.85. The number of hydrogen-bond acceptors (Lipinski definition) is 2. The van der Waals surface area contributed by atoms with Crippen LogP contribution in [0.5, 0.6) is 0 Å². The summed E-state index contributed by atoms with van der Waals surface area (Å²) in [7, 11) is 0. The van der Waals surface area contributed by atoms with E-state index in [1.54, 1.807) is 0 Å². The first-order chi connectivity index (χ1) is 8.18. The second-order valence-electron chi connectivity index (χ2n) is 5.65. The van der Waals surface area contributed by atoms with Crippen LogP contribution in [0.1, 0.15) is 63.3 Å². The third-order valence-corrected chi connectivity index (χ3v) is 4.11. The van der Waals surface area contributed by atoms with Gasteiger partial charge in [0.2, 0.25) is 0 Å². The van der Waals surface area contributed by atoms with Gasteiger partial charge in [-0.15, -0.1) is 0 Å². The molecule has 0 spiro atoms. The second-order valence-corrected chi connectivity index (χ2v) is 5.65. The number of nitrogens with two attached hydrogens (primary N) is 1. The summed E-state index contributed by atoms with van der Waals surface area (Å²) in [5.41, 5.74) is 8.64. The van der Waals surface area contributed by atoms with Gasteiger partial charge in [0.05, 0.1) is 0 Å². The summed E-state index contributed by atoms with van der Waals surface area (Å²) in [4.78, 5) is 4.86. The van der Waals surface area contributed by atoms with Gasteiger partial charge in [0.15, 0.2) is 0 Å². The van der Waals surface area contributed by atoms with Gasteiger partial charge >= 0.3 is 0 Å². The minimum Gasteiger partial charge on any atom is -0.330 e. The molecule has 1 aromatic heterocycles. The molecule has 0 amide bonds. The Bertz CT molecular complexity index is 365. The number of aromatic nitrogens is 1. The van der Waals surface area contributed by atoms with Crippen LogP contribution < -0.4 is 5.73 Å². The van der Waals surface area contributed by atoms with Gasteiger partial charge in [-0.25, -0.2) is 0 Å². The van der Waals surface area contributed by atoms with E-state index in [2.05, 4.69) is 32.0 Å². The van der Waals surface area contributed by atoms with Gasteiger partial charge < -0.3 is 5.73 Å². The van der Waals surface area contributed by atoms with Crippen molar-refractivity contribution in [1.82, 2.24) is 4.98 Å². The lowest BCUT2D eigenvalue weighted by Crippen LogP contribution is -2.38. The highest BCUT2D eigenvalue weighted by molar-refractivity contribution is 5.22. The maximum atomic E-state index is 6.06. The molecule has 1 aliphatic carbocycles. The highest BCUT2D eigenvalue weighted by Gasteiger charge is 2.33. The van der Waals surface area contributed by atoms with Crippen molar-refractivity contribution in [3.8, 4) is 0 Å². The molecule has 0 aliphatic heterocycles. The Morgan fingerprint density at radius 2 is 1.94 bits per heavy atom. The lowest BCUT2D eigenvalue weighted by molar-refractivity contribution is 0.293. The van der Waals surface area contributed by atoms with E-state index < -0.39 is 0 Å². The lowest BCUT2D eigenvalue weighted by Gasteiger charge is -2.36. The third kappa shape index (κ3) is 2.52. The summed E-state index contributed by atoms with van der Waals surface area (Å²) >= 11 is 0. The van der Waals surface area contributed by atoms with Crippen molar-refractivity contribution in [3.63, 3.8) is 0 Å². The van der Waals surface area contributed by atoms with Crippen molar-refractivity contribution in [2.24, 2.45) is 5.73 Å². The van der Waals surface area contributed by atoms with Crippen molar-refractivity contribution < 1.29 is 0 Å². The molecular weight excluding hydrogens is 208 g/mol. The molecule has 94 valence electrons. The fourth-order valence-corrected chi connectivity index (χ4v) is 2.86. The fourth-order valence-electron chi connectivity index (χ4n) is 2.86. The normalized spacial score (nSPS) is 19.5. The molecule has 0 atom stereocenters. The van der Waals surface area contributed by atoms with Crippen molar-refractivity contribution >= 4 is 0 Å². The highest BCUT2D eigenvalue weighted by atomic mass is 14.8. The van der Waals surface area contributed by atoms with E-state index in [1.807, 2.05) is 0 Å². The molecule has 2 N–H and O–H groups in total. The number of nitrogens with zero attached hydrogens (tertiary/aromatic N) is 1. The zero-order valence-electron chi connectivity index (χ0n) is 11.1. The molecule has 0 radical (unpaired) electrons. The van der Waals surface area contributed by atoms with E-state index in [9.17, 15) is 0 Å². The minimum absolute atomic E-state index is 0.156. The van der Waals surface area contributed by atoms with Crippen LogP contribution >= 0.6 is 0 Å². The predicted octanol–water partition coefficient (Wildman–Crippen LogP) is 3.37. The predicted molar refractivity (Wildman–Crippen MR) is 72.1 cm³/mol. The molecule has 0 bridgehead atoms. The van der Waals surface area contributed by atoms with Crippen molar-refractivity contribution in [3.05, 3.63) is 29.6 Å². The average molecular weight is 232 g/mol. The van der Waals surface area contributed by atoms with E-state index in [4.69, 9.17) is 10.7 Å². The van der Waals surface area contributed by atoms with Crippen LogP contribution in [-0.2, 0) is 5.41 Å². The maximum absolute atomic E-state index is 6.06. The van der Waals surface area contributed by atoms with Crippen LogP contribution in [0.4, 0.5) is 0 Å². The van der Waals surface area contributed by atoms with Crippen LogP contribution in [0.2, 0.25) is 0 Å². The Kier molecular flexibility index (Phi) is 3.82. The van der Waals surface area contributed by atoms with Gasteiger partial charge in [0, 0.05) is 23.3 Å². The average Bonchev–Trinajstić information content (AvgIpc) is 2.39. The number of rotatable bonds is 3. The maximum Gasteiger partial charge on any atom is 0.0481 e. The monoisotopic (exact) mass is 232 g/mol. The Morgan fingerprint density at radius 3 is 2.53 bits per heavy atom. The summed E-state index contributed by atoms with van der Waals surface area (Å²) in [5.74, 6) is 0.494. The Hall–Kier alpha value is -0.890. The van der Waals surface area contributed by atoms with Crippen LogP contribution in [-0.4, -0.2) is 11.5 Å². The molecule has 17 heavy (non-hydrogen) atoms. The van der Waals surface area contributed by atoms with Gasteiger partial charge in [0.1, 0.15) is 0 Å². The first-order valence-corrected chi connectivity index (χ1v) is 6.85. The standard InChI is InChI=1S/C15H24N2/c1-12(2)13-7-6-8-14(17-13)15(11-16)9-4-3-5-10-15/h6-8,12H,3-5,9-11,16H2,1-2H3. The molecule has 1 aromatic rings. The molecule has 0 saturated heterocycles. The van der Waals surface area contributed by atoms with E-state index in [-0.39, 0.29) is 5.41 Å². The van der Waals surface area contributed by atoms with Crippen LogP contribution in [0.3, 0.4) is 0 Å². The minimum atomic E-state index is 0.156. The van der Waals surface area contributed by atoms with Gasteiger partial charge in [-0.3, -0.25) is 4.98 Å². The zero-order valence-corrected chi connectivity index (χ0v) is 11.1. The Labute approximate surface area is 105 Å². The Balaban J connectivity index is 2.33. The quantitative estimate of drug-likeness (QED) is 0.868. The summed E-state index contributed by atoms with van der Waals surface area (Å²) in [6.45, 7) is 5.13. The van der Waals surface area contributed by atoms with E-state index in [0.29, 0.717) is 5.92 Å². The topological polar surface area (TPSA) is 38.9 Å². The number of hydrogen-bond donors (Lipinski definition) is 1. The second kappa shape index (κ2) is 5.18. The summed E-state index contributed by atoms with van der Waals surface area (Å²) in [6, 6.07) is 6.44. The summed E-state index contributed by atoms with van der Waals surface area (Å²) in [5, 5.41) is 0. The molecule has 1 saturated carbocycles. The first kappa shape index (κ1) is 12.6. The van der Waals surface area contributed by atoms with Crippen LogP contribution in [0.15, 0.2) is 18.2 Å². The molecule has 0 aromatic carbocycles. The van der Waals surface area contributed by atoms with Crippen molar-refractivity contribution in [1.29, 1.82) is 0 Å². The van der Waals surface area contributed by atoms with E-state index in [1.165, 1.54) is 43.5 Å². The summed E-state index contributed by atoms with van der Waals surface area (Å²) < 4.78 is 0. The lowest BCUT2D eigenvalue weighted by atomic mass is 9.71. The molecular formula is C15H24N2. The number of pyridine rings is 1. The summed E-state index contributed by atoms with van der Waals surface area (Å²) in [6.07, 6.45) is 6.36. The molecule has 2 heteroatoms. The van der Waals surface area contributed by atoms with Crippen molar-refractivity contribution in [2.45, 2.75) is 57.3 Å². The molecule has 1 fully saturated rings. The molecule has 2 nitrogen and oxygen atoms in total. The molecule has 2 rings (SSSR count). The molecule has 1 heterocycles. The fraction of sp³-hybridized carbons (Fsp3) is 0.667. The largest absolute Gasteiger partial charge is 0.330 e. The van der Waals surface area contributed by atoms with Crippen molar-refractivity contribution in [2.75, 3.05) is 6.54 Å². The SMILES string of the molecule is CC(C)c1cccc(C2(CN)CCCCC2)n1. The van der Waals surface area contributed by atoms with E-state index >= 15 is 0 Å². The van der Waals surface area contributed by atoms with Crippen LogP contribution in [0, 0.1) is 0 Å². The smallest absolute Gasteiger partial charge is 0.0481 e. The van der Waals surface area contributed by atoms with Gasteiger partial charge in [-0.05, 0) is 30.9 Å². The van der Waals surface area contributed by atoms with E-state index in [0.717, 1.165) is 6.54 Å². The third-order valence-electron chi connectivity index (χ3n) is 4.11.